The fraction of sp³-hybridized carbons (Fsp3) is 0.500. The SMILES string of the molecule is COC(C)(C)CNC(=O)Cc1ccccc1CN. The van der Waals surface area contributed by atoms with Crippen LogP contribution in [0.3, 0.4) is 0 Å². The molecule has 0 radical (unpaired) electrons. The second kappa shape index (κ2) is 6.52. The standard InChI is InChI=1S/C14H22N2O2/c1-14(2,18-3)10-16-13(17)8-11-6-4-5-7-12(11)9-15/h4-7H,8-10,15H2,1-3H3,(H,16,17). The van der Waals surface area contributed by atoms with Crippen LogP contribution >= 0.6 is 0 Å². The molecule has 1 aromatic carbocycles. The van der Waals surface area contributed by atoms with E-state index in [4.69, 9.17) is 10.5 Å². The van der Waals surface area contributed by atoms with Crippen LogP contribution in [0.5, 0.6) is 0 Å². The number of amides is 1. The number of nitrogens with two attached hydrogens (primary N) is 1. The molecule has 1 amide bonds. The van der Waals surface area contributed by atoms with Gasteiger partial charge in [-0.3, -0.25) is 4.79 Å². The van der Waals surface area contributed by atoms with Crippen molar-refractivity contribution in [1.29, 1.82) is 0 Å². The molecular formula is C14H22N2O2. The lowest BCUT2D eigenvalue weighted by Crippen LogP contribution is -2.40. The molecular weight excluding hydrogens is 228 g/mol. The van der Waals surface area contributed by atoms with Crippen LogP contribution < -0.4 is 11.1 Å². The highest BCUT2D eigenvalue weighted by atomic mass is 16.5. The number of rotatable bonds is 6. The summed E-state index contributed by atoms with van der Waals surface area (Å²) in [6.45, 7) is 4.81. The molecule has 18 heavy (non-hydrogen) atoms. The summed E-state index contributed by atoms with van der Waals surface area (Å²) in [6.07, 6.45) is 0.354. The monoisotopic (exact) mass is 250 g/mol. The van der Waals surface area contributed by atoms with Crippen molar-refractivity contribution >= 4 is 5.91 Å². The minimum atomic E-state index is -0.344. The van der Waals surface area contributed by atoms with Crippen LogP contribution in [-0.2, 0) is 22.5 Å². The average molecular weight is 250 g/mol. The second-order valence-electron chi connectivity index (χ2n) is 4.89. The molecule has 3 N–H and O–H groups in total. The first-order chi connectivity index (χ1) is 8.48. The Labute approximate surface area is 109 Å². The van der Waals surface area contributed by atoms with Gasteiger partial charge in [-0.25, -0.2) is 0 Å². The van der Waals surface area contributed by atoms with Gasteiger partial charge in [-0.15, -0.1) is 0 Å². The van der Waals surface area contributed by atoms with E-state index in [0.717, 1.165) is 11.1 Å². The highest BCUT2D eigenvalue weighted by molar-refractivity contribution is 5.79. The minimum absolute atomic E-state index is 0.0129. The molecule has 4 nitrogen and oxygen atoms in total. The van der Waals surface area contributed by atoms with Gasteiger partial charge in [0.25, 0.3) is 0 Å². The lowest BCUT2D eigenvalue weighted by Gasteiger charge is -2.23. The van der Waals surface area contributed by atoms with Crippen molar-refractivity contribution in [3.8, 4) is 0 Å². The lowest BCUT2D eigenvalue weighted by atomic mass is 10.0. The summed E-state index contributed by atoms with van der Waals surface area (Å²) >= 11 is 0. The van der Waals surface area contributed by atoms with Crippen molar-refractivity contribution in [3.05, 3.63) is 35.4 Å². The molecule has 0 fully saturated rings. The van der Waals surface area contributed by atoms with Gasteiger partial charge in [-0.05, 0) is 25.0 Å². The Bertz CT molecular complexity index is 403. The number of hydrogen-bond donors (Lipinski definition) is 2. The molecule has 0 spiro atoms. The van der Waals surface area contributed by atoms with Crippen LogP contribution in [0.25, 0.3) is 0 Å². The number of benzene rings is 1. The van der Waals surface area contributed by atoms with Gasteiger partial charge in [0.2, 0.25) is 5.91 Å². The number of ether oxygens (including phenoxy) is 1. The fourth-order valence-electron chi connectivity index (χ4n) is 1.55. The Morgan fingerprint density at radius 3 is 2.50 bits per heavy atom. The molecule has 1 aromatic rings. The van der Waals surface area contributed by atoms with Crippen molar-refractivity contribution in [2.24, 2.45) is 5.73 Å². The highest BCUT2D eigenvalue weighted by Gasteiger charge is 2.17. The van der Waals surface area contributed by atoms with Gasteiger partial charge in [0.15, 0.2) is 0 Å². The fourth-order valence-corrected chi connectivity index (χ4v) is 1.55. The first-order valence-electron chi connectivity index (χ1n) is 6.07. The van der Waals surface area contributed by atoms with Crippen molar-refractivity contribution < 1.29 is 9.53 Å². The Kier molecular flexibility index (Phi) is 5.31. The molecule has 0 saturated carbocycles. The molecule has 0 aromatic heterocycles. The van der Waals surface area contributed by atoms with E-state index in [2.05, 4.69) is 5.32 Å². The van der Waals surface area contributed by atoms with Gasteiger partial charge in [0.1, 0.15) is 0 Å². The van der Waals surface area contributed by atoms with E-state index in [9.17, 15) is 4.79 Å². The number of nitrogens with one attached hydrogen (secondary N) is 1. The van der Waals surface area contributed by atoms with Crippen LogP contribution in [0, 0.1) is 0 Å². The van der Waals surface area contributed by atoms with Crippen LogP contribution in [-0.4, -0.2) is 25.2 Å². The normalized spacial score (nSPS) is 11.3. The van der Waals surface area contributed by atoms with Crippen molar-refractivity contribution in [1.82, 2.24) is 5.32 Å². The van der Waals surface area contributed by atoms with Gasteiger partial charge in [0, 0.05) is 20.2 Å². The molecule has 0 aliphatic carbocycles. The summed E-state index contributed by atoms with van der Waals surface area (Å²) < 4.78 is 5.25. The van der Waals surface area contributed by atoms with E-state index in [1.165, 1.54) is 0 Å². The van der Waals surface area contributed by atoms with E-state index in [-0.39, 0.29) is 11.5 Å². The molecule has 0 aliphatic heterocycles. The van der Waals surface area contributed by atoms with E-state index >= 15 is 0 Å². The highest BCUT2D eigenvalue weighted by Crippen LogP contribution is 2.09. The summed E-state index contributed by atoms with van der Waals surface area (Å²) in [5, 5.41) is 2.87. The first kappa shape index (κ1) is 14.7. The predicted octanol–water partition coefficient (Wildman–Crippen LogP) is 1.23. The van der Waals surface area contributed by atoms with Gasteiger partial charge < -0.3 is 15.8 Å². The van der Waals surface area contributed by atoms with Gasteiger partial charge >= 0.3 is 0 Å². The van der Waals surface area contributed by atoms with E-state index in [1.54, 1.807) is 7.11 Å². The molecule has 0 unspecified atom stereocenters. The molecule has 100 valence electrons. The first-order valence-corrected chi connectivity index (χ1v) is 6.07. The third-order valence-electron chi connectivity index (χ3n) is 2.95. The van der Waals surface area contributed by atoms with Gasteiger partial charge in [-0.1, -0.05) is 24.3 Å². The molecule has 0 saturated heterocycles. The van der Waals surface area contributed by atoms with Crippen LogP contribution in [0.2, 0.25) is 0 Å². The van der Waals surface area contributed by atoms with Gasteiger partial charge in [-0.2, -0.15) is 0 Å². The summed E-state index contributed by atoms with van der Waals surface area (Å²) in [6, 6.07) is 7.73. The maximum atomic E-state index is 11.8. The van der Waals surface area contributed by atoms with Crippen molar-refractivity contribution in [2.75, 3.05) is 13.7 Å². The third-order valence-corrected chi connectivity index (χ3v) is 2.95. The van der Waals surface area contributed by atoms with E-state index < -0.39 is 0 Å². The molecule has 0 atom stereocenters. The summed E-state index contributed by atoms with van der Waals surface area (Å²) in [5.74, 6) is -0.0129. The zero-order valence-corrected chi connectivity index (χ0v) is 11.3. The number of carbonyl (C=O) groups excluding carboxylic acids is 1. The zero-order valence-electron chi connectivity index (χ0n) is 11.3. The zero-order chi connectivity index (χ0) is 13.6. The Balaban J connectivity index is 2.55. The minimum Gasteiger partial charge on any atom is -0.377 e. The lowest BCUT2D eigenvalue weighted by molar-refractivity contribution is -0.121. The largest absolute Gasteiger partial charge is 0.377 e. The van der Waals surface area contributed by atoms with Crippen molar-refractivity contribution in [3.63, 3.8) is 0 Å². The van der Waals surface area contributed by atoms with Crippen LogP contribution in [0.4, 0.5) is 0 Å². The molecule has 0 bridgehead atoms. The molecule has 0 heterocycles. The van der Waals surface area contributed by atoms with Crippen LogP contribution in [0.1, 0.15) is 25.0 Å². The molecule has 4 heteroatoms. The number of carbonyl (C=O) groups is 1. The maximum absolute atomic E-state index is 11.8. The van der Waals surface area contributed by atoms with E-state index in [0.29, 0.717) is 19.5 Å². The molecule has 1 rings (SSSR count). The number of methoxy groups -OCH3 is 1. The maximum Gasteiger partial charge on any atom is 0.224 e. The Morgan fingerprint density at radius 1 is 1.33 bits per heavy atom. The quantitative estimate of drug-likeness (QED) is 0.798. The Hall–Kier alpha value is -1.39. The topological polar surface area (TPSA) is 64.3 Å². The third kappa shape index (κ3) is 4.47. The molecule has 0 aliphatic rings. The predicted molar refractivity (Wildman–Crippen MR) is 72.1 cm³/mol. The summed E-state index contributed by atoms with van der Waals surface area (Å²) in [4.78, 5) is 11.8. The van der Waals surface area contributed by atoms with Crippen LogP contribution in [0.15, 0.2) is 24.3 Å². The van der Waals surface area contributed by atoms with E-state index in [1.807, 2.05) is 38.1 Å². The Morgan fingerprint density at radius 2 is 1.94 bits per heavy atom. The summed E-state index contributed by atoms with van der Waals surface area (Å²) in [5.41, 5.74) is 7.29. The smallest absolute Gasteiger partial charge is 0.224 e. The number of hydrogen-bond acceptors (Lipinski definition) is 3. The second-order valence-corrected chi connectivity index (χ2v) is 4.89. The van der Waals surface area contributed by atoms with Gasteiger partial charge in [0.05, 0.1) is 12.0 Å². The summed E-state index contributed by atoms with van der Waals surface area (Å²) in [7, 11) is 1.63. The average Bonchev–Trinajstić information content (AvgIpc) is 2.37. The van der Waals surface area contributed by atoms with Crippen molar-refractivity contribution in [2.45, 2.75) is 32.4 Å².